The molecule has 0 aromatic rings. The highest BCUT2D eigenvalue weighted by atomic mass is 16.5. The molecule has 4 N–H and O–H groups in total. The number of carbonyl (C=O) groups excluding carboxylic acids is 1. The first-order chi connectivity index (χ1) is 8.41. The van der Waals surface area contributed by atoms with Crippen LogP contribution in [0.5, 0.6) is 0 Å². The fourth-order valence-corrected chi connectivity index (χ4v) is 1.89. The highest BCUT2D eigenvalue weighted by Gasteiger charge is 2.28. The lowest BCUT2D eigenvalue weighted by atomic mass is 10.0. The molecule has 0 bridgehead atoms. The second-order valence-corrected chi connectivity index (χ2v) is 5.04. The van der Waals surface area contributed by atoms with Crippen molar-refractivity contribution < 1.29 is 19.4 Å². The van der Waals surface area contributed by atoms with Crippen LogP contribution in [0.15, 0.2) is 0 Å². The Labute approximate surface area is 107 Å². The number of carboxylic acids is 1. The van der Waals surface area contributed by atoms with Crippen LogP contribution in [-0.2, 0) is 14.3 Å². The summed E-state index contributed by atoms with van der Waals surface area (Å²) in [5.74, 6) is -1.49. The summed E-state index contributed by atoms with van der Waals surface area (Å²) in [5, 5.41) is 11.6. The molecule has 1 unspecified atom stereocenters. The molecule has 1 saturated heterocycles. The van der Waals surface area contributed by atoms with Crippen LogP contribution in [0.25, 0.3) is 0 Å². The van der Waals surface area contributed by atoms with E-state index in [0.29, 0.717) is 13.0 Å². The van der Waals surface area contributed by atoms with Gasteiger partial charge in [0.25, 0.3) is 0 Å². The van der Waals surface area contributed by atoms with E-state index in [1.54, 1.807) is 0 Å². The highest BCUT2D eigenvalue weighted by Crippen LogP contribution is 2.17. The Morgan fingerprint density at radius 3 is 2.61 bits per heavy atom. The first kappa shape index (κ1) is 14.9. The van der Waals surface area contributed by atoms with Crippen LogP contribution in [-0.4, -0.2) is 41.8 Å². The predicted molar refractivity (Wildman–Crippen MR) is 66.0 cm³/mol. The number of hydrogen-bond acceptors (Lipinski definition) is 4. The maximum absolute atomic E-state index is 11.7. The van der Waals surface area contributed by atoms with Gasteiger partial charge in [0.15, 0.2) is 0 Å². The van der Waals surface area contributed by atoms with E-state index in [9.17, 15) is 9.59 Å². The van der Waals surface area contributed by atoms with E-state index in [1.165, 1.54) is 0 Å². The number of rotatable bonds is 6. The second kappa shape index (κ2) is 6.70. The minimum absolute atomic E-state index is 0.0258. The number of nitrogens with two attached hydrogens (primary N) is 1. The van der Waals surface area contributed by atoms with Gasteiger partial charge in [-0.2, -0.15) is 0 Å². The van der Waals surface area contributed by atoms with Gasteiger partial charge in [0.1, 0.15) is 6.04 Å². The number of ether oxygens (including phenoxy) is 1. The maximum Gasteiger partial charge on any atom is 0.326 e. The summed E-state index contributed by atoms with van der Waals surface area (Å²) in [6.45, 7) is 4.30. The Morgan fingerprint density at radius 2 is 2.17 bits per heavy atom. The van der Waals surface area contributed by atoms with Crippen molar-refractivity contribution in [2.75, 3.05) is 6.61 Å². The van der Waals surface area contributed by atoms with Crippen molar-refractivity contribution in [1.82, 2.24) is 5.32 Å². The number of carbonyl (C=O) groups is 2. The average Bonchev–Trinajstić information content (AvgIpc) is 2.79. The van der Waals surface area contributed by atoms with Gasteiger partial charge in [-0.05, 0) is 18.8 Å². The molecule has 0 radical (unpaired) electrons. The molecule has 6 nitrogen and oxygen atoms in total. The van der Waals surface area contributed by atoms with Crippen molar-refractivity contribution in [1.29, 1.82) is 0 Å². The van der Waals surface area contributed by atoms with Gasteiger partial charge >= 0.3 is 5.97 Å². The standard InChI is InChI=1S/C12H22N2O4/c1-7(2)10(13)11(15)14-9(12(16)17)6-8-4-3-5-18-8/h7-10H,3-6,13H2,1-2H3,(H,14,15)(H,16,17)/t8?,9-,10-/m0/s1. The molecule has 0 spiro atoms. The van der Waals surface area contributed by atoms with Gasteiger partial charge in [0.05, 0.1) is 12.1 Å². The predicted octanol–water partition coefficient (Wildman–Crippen LogP) is 0.108. The van der Waals surface area contributed by atoms with Gasteiger partial charge in [-0.25, -0.2) is 4.79 Å². The van der Waals surface area contributed by atoms with E-state index in [0.717, 1.165) is 12.8 Å². The van der Waals surface area contributed by atoms with E-state index in [1.807, 2.05) is 13.8 Å². The zero-order chi connectivity index (χ0) is 13.7. The van der Waals surface area contributed by atoms with E-state index in [2.05, 4.69) is 5.32 Å². The van der Waals surface area contributed by atoms with Crippen LogP contribution in [0.1, 0.15) is 33.1 Å². The van der Waals surface area contributed by atoms with Crippen molar-refractivity contribution in [2.24, 2.45) is 11.7 Å². The summed E-state index contributed by atoms with van der Waals surface area (Å²) in [7, 11) is 0. The second-order valence-electron chi connectivity index (χ2n) is 5.04. The van der Waals surface area contributed by atoms with Gasteiger partial charge in [-0.15, -0.1) is 0 Å². The lowest BCUT2D eigenvalue weighted by molar-refractivity contribution is -0.143. The van der Waals surface area contributed by atoms with E-state index >= 15 is 0 Å². The zero-order valence-corrected chi connectivity index (χ0v) is 10.9. The molecule has 0 aromatic carbocycles. The highest BCUT2D eigenvalue weighted by molar-refractivity contribution is 5.86. The number of carboxylic acid groups (broad SMARTS) is 1. The first-order valence-electron chi connectivity index (χ1n) is 6.32. The van der Waals surface area contributed by atoms with Crippen molar-refractivity contribution in [2.45, 2.75) is 51.3 Å². The Kier molecular flexibility index (Phi) is 5.55. The Hall–Kier alpha value is -1.14. The summed E-state index contributed by atoms with van der Waals surface area (Å²) in [4.78, 5) is 22.8. The molecular formula is C12H22N2O4. The van der Waals surface area contributed by atoms with Crippen LogP contribution >= 0.6 is 0 Å². The van der Waals surface area contributed by atoms with Crippen LogP contribution in [0.3, 0.4) is 0 Å². The number of hydrogen-bond donors (Lipinski definition) is 3. The monoisotopic (exact) mass is 258 g/mol. The molecule has 6 heteroatoms. The molecule has 0 saturated carbocycles. The smallest absolute Gasteiger partial charge is 0.326 e. The van der Waals surface area contributed by atoms with Gasteiger partial charge in [-0.1, -0.05) is 13.8 Å². The molecule has 0 aliphatic carbocycles. The Balaban J connectivity index is 2.51. The van der Waals surface area contributed by atoms with Gasteiger partial charge < -0.3 is 20.9 Å². The lowest BCUT2D eigenvalue weighted by Gasteiger charge is -2.21. The van der Waals surface area contributed by atoms with Gasteiger partial charge in [0.2, 0.25) is 5.91 Å². The maximum atomic E-state index is 11.7. The number of aliphatic carboxylic acids is 1. The van der Waals surface area contributed by atoms with Gasteiger partial charge in [-0.3, -0.25) is 4.79 Å². The van der Waals surface area contributed by atoms with Gasteiger partial charge in [0, 0.05) is 13.0 Å². The molecule has 0 aromatic heterocycles. The molecule has 1 heterocycles. The normalized spacial score (nSPS) is 22.8. The minimum Gasteiger partial charge on any atom is -0.480 e. The quantitative estimate of drug-likeness (QED) is 0.627. The van der Waals surface area contributed by atoms with E-state index < -0.39 is 24.0 Å². The summed E-state index contributed by atoms with van der Waals surface area (Å²) in [6.07, 6.45) is 2.00. The summed E-state index contributed by atoms with van der Waals surface area (Å²) in [5.41, 5.74) is 5.68. The Morgan fingerprint density at radius 1 is 1.50 bits per heavy atom. The first-order valence-corrected chi connectivity index (χ1v) is 6.32. The zero-order valence-electron chi connectivity index (χ0n) is 10.9. The molecule has 1 aliphatic heterocycles. The number of nitrogens with one attached hydrogen (secondary N) is 1. The molecule has 1 aliphatic rings. The van der Waals surface area contributed by atoms with E-state index in [4.69, 9.17) is 15.6 Å². The molecule has 1 amide bonds. The van der Waals surface area contributed by atoms with Crippen LogP contribution < -0.4 is 11.1 Å². The van der Waals surface area contributed by atoms with Crippen LogP contribution in [0.2, 0.25) is 0 Å². The summed E-state index contributed by atoms with van der Waals surface area (Å²) < 4.78 is 5.38. The van der Waals surface area contributed by atoms with Crippen LogP contribution in [0.4, 0.5) is 0 Å². The fourth-order valence-electron chi connectivity index (χ4n) is 1.89. The van der Waals surface area contributed by atoms with E-state index in [-0.39, 0.29) is 12.0 Å². The molecule has 1 rings (SSSR count). The third kappa shape index (κ3) is 4.27. The molecule has 1 fully saturated rings. The van der Waals surface area contributed by atoms with Crippen LogP contribution in [0, 0.1) is 5.92 Å². The average molecular weight is 258 g/mol. The topological polar surface area (TPSA) is 102 Å². The molecule has 104 valence electrons. The third-order valence-electron chi connectivity index (χ3n) is 3.16. The summed E-state index contributed by atoms with van der Waals surface area (Å²) in [6, 6.07) is -1.61. The lowest BCUT2D eigenvalue weighted by Crippen LogP contribution is -2.51. The molecule has 3 atom stereocenters. The van der Waals surface area contributed by atoms with Crippen molar-refractivity contribution in [3.8, 4) is 0 Å². The van der Waals surface area contributed by atoms with Crippen molar-refractivity contribution >= 4 is 11.9 Å². The largest absolute Gasteiger partial charge is 0.480 e. The minimum atomic E-state index is -1.05. The summed E-state index contributed by atoms with van der Waals surface area (Å²) >= 11 is 0. The Bertz CT molecular complexity index is 300. The molecule has 18 heavy (non-hydrogen) atoms. The van der Waals surface area contributed by atoms with Crippen molar-refractivity contribution in [3.05, 3.63) is 0 Å². The fraction of sp³-hybridized carbons (Fsp3) is 0.833. The number of amides is 1. The third-order valence-corrected chi connectivity index (χ3v) is 3.16. The molecular weight excluding hydrogens is 236 g/mol. The van der Waals surface area contributed by atoms with Crippen molar-refractivity contribution in [3.63, 3.8) is 0 Å². The SMILES string of the molecule is CC(C)[C@H](N)C(=O)N[C@@H](CC1CCCO1)C(=O)O.